The summed E-state index contributed by atoms with van der Waals surface area (Å²) in [6.45, 7) is -0.272. The van der Waals surface area contributed by atoms with Crippen molar-refractivity contribution >= 4 is 23.5 Å². The summed E-state index contributed by atoms with van der Waals surface area (Å²) >= 11 is 0. The fraction of sp³-hybridized carbons (Fsp3) is 0.211. The van der Waals surface area contributed by atoms with E-state index in [1.165, 1.54) is 29.2 Å². The van der Waals surface area contributed by atoms with Gasteiger partial charge in [-0.1, -0.05) is 30.3 Å². The zero-order valence-corrected chi connectivity index (χ0v) is 14.9. The number of non-ortho nitro benzene ring substituents is 1. The van der Waals surface area contributed by atoms with Gasteiger partial charge in [0.25, 0.3) is 11.6 Å². The molecule has 0 bridgehead atoms. The summed E-state index contributed by atoms with van der Waals surface area (Å²) in [5.74, 6) is -2.01. The largest absolute Gasteiger partial charge is 0.480 e. The van der Waals surface area contributed by atoms with Gasteiger partial charge in [0.05, 0.1) is 4.92 Å². The topological polar surface area (TPSA) is 130 Å². The monoisotopic (exact) mass is 385 g/mol. The number of amides is 2. The molecule has 2 amide bonds. The molecule has 0 aliphatic heterocycles. The number of nitrogens with zero attached hydrogens (tertiary/aromatic N) is 2. The van der Waals surface area contributed by atoms with Crippen LogP contribution in [0.5, 0.6) is 0 Å². The lowest BCUT2D eigenvalue weighted by Gasteiger charge is -2.21. The molecule has 2 rings (SSSR count). The van der Waals surface area contributed by atoms with Crippen LogP contribution in [0.4, 0.5) is 5.69 Å². The van der Waals surface area contributed by atoms with Crippen molar-refractivity contribution < 1.29 is 24.4 Å². The van der Waals surface area contributed by atoms with E-state index in [1.54, 1.807) is 24.3 Å². The summed E-state index contributed by atoms with van der Waals surface area (Å²) in [5, 5.41) is 22.2. The maximum Gasteiger partial charge on any atom is 0.323 e. The minimum atomic E-state index is -1.13. The van der Waals surface area contributed by atoms with Crippen LogP contribution in [0.1, 0.15) is 22.3 Å². The van der Waals surface area contributed by atoms with Crippen LogP contribution in [0, 0.1) is 10.1 Å². The van der Waals surface area contributed by atoms with Gasteiger partial charge in [-0.2, -0.15) is 0 Å². The summed E-state index contributed by atoms with van der Waals surface area (Å²) in [7, 11) is 0. The lowest BCUT2D eigenvalue weighted by atomic mass is 10.2. The van der Waals surface area contributed by atoms with E-state index in [4.69, 9.17) is 5.11 Å². The maximum atomic E-state index is 12.4. The number of carbonyl (C=O) groups is 3. The fourth-order valence-corrected chi connectivity index (χ4v) is 2.48. The number of hydrogen-bond donors (Lipinski definition) is 2. The third-order valence-corrected chi connectivity index (χ3v) is 3.86. The number of aliphatic carboxylic acids is 1. The Labute approximate surface area is 160 Å². The van der Waals surface area contributed by atoms with Crippen LogP contribution in [-0.2, 0) is 16.1 Å². The molecule has 0 fully saturated rings. The Morgan fingerprint density at radius 1 is 1.04 bits per heavy atom. The van der Waals surface area contributed by atoms with Crippen molar-refractivity contribution in [3.63, 3.8) is 0 Å². The van der Waals surface area contributed by atoms with Gasteiger partial charge in [0.15, 0.2) is 0 Å². The molecule has 0 saturated heterocycles. The Balaban J connectivity index is 1.89. The molecule has 0 saturated carbocycles. The van der Waals surface area contributed by atoms with Crippen LogP contribution >= 0.6 is 0 Å². The van der Waals surface area contributed by atoms with Gasteiger partial charge in [0.2, 0.25) is 5.91 Å². The number of nitrogens with one attached hydrogen (secondary N) is 1. The molecule has 0 aliphatic carbocycles. The molecule has 9 heteroatoms. The maximum absolute atomic E-state index is 12.4. The number of carboxylic acids is 1. The van der Waals surface area contributed by atoms with Crippen LogP contribution in [0.2, 0.25) is 0 Å². The second kappa shape index (κ2) is 9.81. The van der Waals surface area contributed by atoms with Crippen LogP contribution in [0.3, 0.4) is 0 Å². The second-order valence-electron chi connectivity index (χ2n) is 5.94. The van der Waals surface area contributed by atoms with Gasteiger partial charge >= 0.3 is 5.97 Å². The molecule has 0 spiro atoms. The minimum absolute atomic E-state index is 0.0135. The molecular weight excluding hydrogens is 366 g/mol. The predicted octanol–water partition coefficient (Wildman–Crippen LogP) is 1.83. The first-order chi connectivity index (χ1) is 13.4. The van der Waals surface area contributed by atoms with E-state index in [0.29, 0.717) is 0 Å². The number of nitro benzene ring substituents is 1. The highest BCUT2D eigenvalue weighted by atomic mass is 16.6. The number of rotatable bonds is 9. The molecule has 28 heavy (non-hydrogen) atoms. The molecule has 0 atom stereocenters. The summed E-state index contributed by atoms with van der Waals surface area (Å²) < 4.78 is 0. The van der Waals surface area contributed by atoms with Gasteiger partial charge in [0.1, 0.15) is 6.54 Å². The Hall–Kier alpha value is -3.75. The quantitative estimate of drug-likeness (QED) is 0.500. The van der Waals surface area contributed by atoms with Crippen molar-refractivity contribution in [2.45, 2.75) is 13.0 Å². The lowest BCUT2D eigenvalue weighted by molar-refractivity contribution is -0.384. The Kier molecular flexibility index (Phi) is 7.21. The van der Waals surface area contributed by atoms with Crippen LogP contribution in [0.25, 0.3) is 0 Å². The van der Waals surface area contributed by atoms with Crippen molar-refractivity contribution in [2.24, 2.45) is 0 Å². The molecule has 9 nitrogen and oxygen atoms in total. The average molecular weight is 385 g/mol. The first-order valence-corrected chi connectivity index (χ1v) is 8.43. The van der Waals surface area contributed by atoms with Gasteiger partial charge in [-0.05, 0) is 17.7 Å². The van der Waals surface area contributed by atoms with Crippen LogP contribution in [0.15, 0.2) is 54.6 Å². The molecular formula is C19H19N3O6. The van der Waals surface area contributed by atoms with Crippen molar-refractivity contribution in [1.29, 1.82) is 0 Å². The first kappa shape index (κ1) is 20.6. The molecule has 2 aromatic carbocycles. The van der Waals surface area contributed by atoms with Gasteiger partial charge < -0.3 is 15.3 Å². The summed E-state index contributed by atoms with van der Waals surface area (Å²) in [5.41, 5.74) is 0.897. The standard InChI is InChI=1S/C19H19N3O6/c23-17(21(13-18(24)25)12-14-4-2-1-3-5-14)10-11-20-19(26)15-6-8-16(9-7-15)22(27)28/h1-9H,10-13H2,(H,20,26)(H,24,25). The van der Waals surface area contributed by atoms with E-state index < -0.39 is 29.3 Å². The first-order valence-electron chi connectivity index (χ1n) is 8.43. The Morgan fingerprint density at radius 3 is 2.25 bits per heavy atom. The van der Waals surface area contributed by atoms with E-state index in [1.807, 2.05) is 6.07 Å². The summed E-state index contributed by atoms with van der Waals surface area (Å²) in [4.78, 5) is 46.7. The predicted molar refractivity (Wildman–Crippen MR) is 99.5 cm³/mol. The minimum Gasteiger partial charge on any atom is -0.480 e. The van der Waals surface area contributed by atoms with Crippen LogP contribution in [-0.4, -0.2) is 45.8 Å². The number of carbonyl (C=O) groups excluding carboxylic acids is 2. The zero-order chi connectivity index (χ0) is 20.5. The number of carboxylic acid groups (broad SMARTS) is 1. The second-order valence-corrected chi connectivity index (χ2v) is 5.94. The van der Waals surface area contributed by atoms with Crippen LogP contribution < -0.4 is 5.32 Å². The molecule has 0 aromatic heterocycles. The molecule has 146 valence electrons. The number of hydrogen-bond acceptors (Lipinski definition) is 5. The van der Waals surface area contributed by atoms with Gasteiger partial charge in [-0.3, -0.25) is 24.5 Å². The summed E-state index contributed by atoms with van der Waals surface area (Å²) in [6.07, 6.45) is -0.0706. The fourth-order valence-electron chi connectivity index (χ4n) is 2.48. The third kappa shape index (κ3) is 6.20. The van der Waals surface area contributed by atoms with E-state index in [2.05, 4.69) is 5.32 Å². The highest BCUT2D eigenvalue weighted by Gasteiger charge is 2.17. The highest BCUT2D eigenvalue weighted by molar-refractivity contribution is 5.94. The normalized spacial score (nSPS) is 10.1. The van der Waals surface area contributed by atoms with E-state index in [9.17, 15) is 24.5 Å². The van der Waals surface area contributed by atoms with E-state index in [-0.39, 0.29) is 30.8 Å². The molecule has 0 radical (unpaired) electrons. The average Bonchev–Trinajstić information content (AvgIpc) is 2.67. The molecule has 0 heterocycles. The van der Waals surface area contributed by atoms with Crippen molar-refractivity contribution in [1.82, 2.24) is 10.2 Å². The lowest BCUT2D eigenvalue weighted by Crippen LogP contribution is -2.37. The summed E-state index contributed by atoms with van der Waals surface area (Å²) in [6, 6.07) is 14.1. The van der Waals surface area contributed by atoms with Crippen molar-refractivity contribution in [3.8, 4) is 0 Å². The number of benzene rings is 2. The molecule has 0 aliphatic rings. The SMILES string of the molecule is O=C(O)CN(Cc1ccccc1)C(=O)CCNC(=O)c1ccc([N+](=O)[O-])cc1. The van der Waals surface area contributed by atoms with Crippen molar-refractivity contribution in [2.75, 3.05) is 13.1 Å². The Morgan fingerprint density at radius 2 is 1.68 bits per heavy atom. The van der Waals surface area contributed by atoms with Gasteiger partial charge in [-0.15, -0.1) is 0 Å². The smallest absolute Gasteiger partial charge is 0.323 e. The number of nitro groups is 1. The van der Waals surface area contributed by atoms with Crippen molar-refractivity contribution in [3.05, 3.63) is 75.8 Å². The van der Waals surface area contributed by atoms with E-state index >= 15 is 0 Å². The molecule has 2 aromatic rings. The van der Waals surface area contributed by atoms with E-state index in [0.717, 1.165) is 5.56 Å². The van der Waals surface area contributed by atoms with Gasteiger partial charge in [0, 0.05) is 37.2 Å². The highest BCUT2D eigenvalue weighted by Crippen LogP contribution is 2.12. The molecule has 0 unspecified atom stereocenters. The van der Waals surface area contributed by atoms with Gasteiger partial charge in [-0.25, -0.2) is 0 Å². The molecule has 2 N–H and O–H groups in total. The third-order valence-electron chi connectivity index (χ3n) is 3.86. The Bertz CT molecular complexity index is 852. The zero-order valence-electron chi connectivity index (χ0n) is 14.9.